The molecule has 4 nitrogen and oxygen atoms in total. The minimum absolute atomic E-state index is 0.131. The second-order valence-electron chi connectivity index (χ2n) is 4.95. The lowest BCUT2D eigenvalue weighted by Gasteiger charge is -2.16. The van der Waals surface area contributed by atoms with Crippen molar-refractivity contribution < 1.29 is 4.79 Å². The summed E-state index contributed by atoms with van der Waals surface area (Å²) in [5.74, 6) is 0.131. The molecule has 1 aromatic heterocycles. The number of hydrogen-bond acceptors (Lipinski definition) is 4. The minimum atomic E-state index is 0.131. The van der Waals surface area contributed by atoms with Crippen LogP contribution in [-0.2, 0) is 4.79 Å². The number of amides is 1. The number of carbonyl (C=O) groups excluding carboxylic acids is 1. The van der Waals surface area contributed by atoms with Gasteiger partial charge in [0.05, 0.1) is 0 Å². The lowest BCUT2D eigenvalue weighted by molar-refractivity contribution is -0.118. The Hall–Kier alpha value is -1.75. The van der Waals surface area contributed by atoms with E-state index in [0.29, 0.717) is 18.1 Å². The van der Waals surface area contributed by atoms with Crippen molar-refractivity contribution in [1.29, 1.82) is 0 Å². The molecule has 0 unspecified atom stereocenters. The van der Waals surface area contributed by atoms with Crippen molar-refractivity contribution in [2.75, 3.05) is 11.4 Å². The summed E-state index contributed by atoms with van der Waals surface area (Å²) in [4.78, 5) is 13.9. The molecule has 1 aromatic carbocycles. The van der Waals surface area contributed by atoms with Crippen molar-refractivity contribution in [2.45, 2.75) is 40.0 Å². The lowest BCUT2D eigenvalue weighted by atomic mass is 10.1. The van der Waals surface area contributed by atoms with Gasteiger partial charge >= 0.3 is 0 Å². The average Bonchev–Trinajstić information content (AvgIpc) is 2.95. The first-order valence-electron chi connectivity index (χ1n) is 7.37. The highest BCUT2D eigenvalue weighted by atomic mass is 32.1. The maximum atomic E-state index is 12.2. The number of anilines is 1. The highest BCUT2D eigenvalue weighted by Crippen LogP contribution is 2.30. The first kappa shape index (κ1) is 15.6. The van der Waals surface area contributed by atoms with Crippen LogP contribution in [0.4, 0.5) is 5.13 Å². The van der Waals surface area contributed by atoms with E-state index in [1.54, 1.807) is 4.90 Å². The number of benzene rings is 1. The molecule has 0 saturated heterocycles. The lowest BCUT2D eigenvalue weighted by Crippen LogP contribution is -2.30. The molecule has 1 heterocycles. The molecule has 21 heavy (non-hydrogen) atoms. The van der Waals surface area contributed by atoms with Crippen LogP contribution < -0.4 is 4.90 Å². The van der Waals surface area contributed by atoms with E-state index >= 15 is 0 Å². The molecule has 0 fully saturated rings. The fraction of sp³-hybridized carbons (Fsp3) is 0.438. The summed E-state index contributed by atoms with van der Waals surface area (Å²) >= 11 is 1.48. The second kappa shape index (κ2) is 7.31. The fourth-order valence-corrected chi connectivity index (χ4v) is 3.14. The van der Waals surface area contributed by atoms with Crippen LogP contribution in [0.2, 0.25) is 0 Å². The van der Waals surface area contributed by atoms with Crippen molar-refractivity contribution in [3.63, 3.8) is 0 Å². The normalized spacial score (nSPS) is 10.6. The zero-order valence-corrected chi connectivity index (χ0v) is 13.6. The van der Waals surface area contributed by atoms with Gasteiger partial charge in [0.25, 0.3) is 0 Å². The highest BCUT2D eigenvalue weighted by molar-refractivity contribution is 7.18. The van der Waals surface area contributed by atoms with Crippen LogP contribution in [0.3, 0.4) is 0 Å². The van der Waals surface area contributed by atoms with Crippen molar-refractivity contribution in [1.82, 2.24) is 10.2 Å². The summed E-state index contributed by atoms with van der Waals surface area (Å²) in [7, 11) is 0. The number of rotatable bonds is 6. The van der Waals surface area contributed by atoms with Crippen LogP contribution in [0, 0.1) is 6.92 Å². The monoisotopic (exact) mass is 303 g/mol. The molecule has 0 bridgehead atoms. The number of carbonyl (C=O) groups is 1. The van der Waals surface area contributed by atoms with E-state index in [1.807, 2.05) is 25.1 Å². The van der Waals surface area contributed by atoms with Gasteiger partial charge in [-0.05, 0) is 25.8 Å². The van der Waals surface area contributed by atoms with Gasteiger partial charge in [-0.25, -0.2) is 0 Å². The molecular formula is C16H21N3OS. The topological polar surface area (TPSA) is 46.1 Å². The predicted molar refractivity (Wildman–Crippen MR) is 87.6 cm³/mol. The molecule has 0 spiro atoms. The summed E-state index contributed by atoms with van der Waals surface area (Å²) in [5.41, 5.74) is 2.25. The van der Waals surface area contributed by atoms with Crippen LogP contribution in [-0.4, -0.2) is 22.6 Å². The van der Waals surface area contributed by atoms with Gasteiger partial charge in [0, 0.05) is 18.5 Å². The van der Waals surface area contributed by atoms with E-state index in [1.165, 1.54) is 16.9 Å². The van der Waals surface area contributed by atoms with Crippen molar-refractivity contribution in [3.8, 4) is 10.6 Å². The molecule has 0 atom stereocenters. The molecule has 2 rings (SSSR count). The molecule has 0 N–H and O–H groups in total. The number of aromatic nitrogens is 2. The van der Waals surface area contributed by atoms with E-state index in [-0.39, 0.29) is 5.91 Å². The Morgan fingerprint density at radius 1 is 1.24 bits per heavy atom. The molecule has 112 valence electrons. The van der Waals surface area contributed by atoms with Gasteiger partial charge in [0.1, 0.15) is 5.01 Å². The number of aryl methyl sites for hydroxylation is 1. The first-order valence-corrected chi connectivity index (χ1v) is 8.18. The van der Waals surface area contributed by atoms with Gasteiger partial charge in [0.2, 0.25) is 11.0 Å². The average molecular weight is 303 g/mol. The summed E-state index contributed by atoms with van der Waals surface area (Å²) in [6, 6.07) is 8.09. The standard InChI is InChI=1S/C16H21N3OS/c1-4-6-11-14(20)19(5-2)16-18-17-15(21-16)13-10-8-7-9-12(13)3/h7-10H,4-6,11H2,1-3H3. The minimum Gasteiger partial charge on any atom is -0.287 e. The van der Waals surface area contributed by atoms with Gasteiger partial charge in [-0.1, -0.05) is 48.9 Å². The highest BCUT2D eigenvalue weighted by Gasteiger charge is 2.18. The molecule has 0 aliphatic heterocycles. The van der Waals surface area contributed by atoms with E-state index in [9.17, 15) is 4.79 Å². The fourth-order valence-electron chi connectivity index (χ4n) is 2.13. The Morgan fingerprint density at radius 3 is 2.67 bits per heavy atom. The maximum absolute atomic E-state index is 12.2. The maximum Gasteiger partial charge on any atom is 0.228 e. The van der Waals surface area contributed by atoms with Gasteiger partial charge in [-0.3, -0.25) is 9.69 Å². The van der Waals surface area contributed by atoms with E-state index in [2.05, 4.69) is 30.1 Å². The van der Waals surface area contributed by atoms with Crippen molar-refractivity contribution in [2.24, 2.45) is 0 Å². The molecule has 0 aliphatic carbocycles. The smallest absolute Gasteiger partial charge is 0.228 e. The van der Waals surface area contributed by atoms with Crippen LogP contribution in [0.5, 0.6) is 0 Å². The van der Waals surface area contributed by atoms with Crippen LogP contribution >= 0.6 is 11.3 Å². The Balaban J connectivity index is 2.22. The molecule has 5 heteroatoms. The number of unbranched alkanes of at least 4 members (excludes halogenated alkanes) is 1. The van der Waals surface area contributed by atoms with Gasteiger partial charge in [-0.15, -0.1) is 10.2 Å². The summed E-state index contributed by atoms with van der Waals surface area (Å²) in [6.45, 7) is 6.74. The summed E-state index contributed by atoms with van der Waals surface area (Å²) in [6.07, 6.45) is 2.51. The SMILES string of the molecule is CCCCC(=O)N(CC)c1nnc(-c2ccccc2C)s1. The Labute approximate surface area is 129 Å². The number of nitrogens with zero attached hydrogens (tertiary/aromatic N) is 3. The zero-order chi connectivity index (χ0) is 15.2. The Kier molecular flexibility index (Phi) is 5.44. The summed E-state index contributed by atoms with van der Waals surface area (Å²) < 4.78 is 0. The van der Waals surface area contributed by atoms with Gasteiger partial charge in [-0.2, -0.15) is 0 Å². The number of hydrogen-bond donors (Lipinski definition) is 0. The van der Waals surface area contributed by atoms with Gasteiger partial charge < -0.3 is 0 Å². The van der Waals surface area contributed by atoms with E-state index in [0.717, 1.165) is 23.4 Å². The molecule has 1 amide bonds. The van der Waals surface area contributed by atoms with Crippen molar-refractivity contribution in [3.05, 3.63) is 29.8 Å². The van der Waals surface area contributed by atoms with Crippen LogP contribution in [0.15, 0.2) is 24.3 Å². The van der Waals surface area contributed by atoms with Crippen LogP contribution in [0.1, 0.15) is 38.7 Å². The van der Waals surface area contributed by atoms with Crippen LogP contribution in [0.25, 0.3) is 10.6 Å². The molecule has 0 radical (unpaired) electrons. The third-order valence-corrected chi connectivity index (χ3v) is 4.36. The van der Waals surface area contributed by atoms with Gasteiger partial charge in [0.15, 0.2) is 0 Å². The molecule has 0 aliphatic rings. The predicted octanol–water partition coefficient (Wildman–Crippen LogP) is 4.06. The third kappa shape index (κ3) is 3.67. The molecule has 0 saturated carbocycles. The first-order chi connectivity index (χ1) is 10.2. The quantitative estimate of drug-likeness (QED) is 0.808. The molecule has 2 aromatic rings. The summed E-state index contributed by atoms with van der Waals surface area (Å²) in [5, 5.41) is 10.0. The second-order valence-corrected chi connectivity index (χ2v) is 5.90. The zero-order valence-electron chi connectivity index (χ0n) is 12.8. The Bertz CT molecular complexity index is 609. The molecular weight excluding hydrogens is 282 g/mol. The Morgan fingerprint density at radius 2 is 2.00 bits per heavy atom. The van der Waals surface area contributed by atoms with E-state index < -0.39 is 0 Å². The third-order valence-electron chi connectivity index (χ3n) is 3.38. The largest absolute Gasteiger partial charge is 0.287 e. The van der Waals surface area contributed by atoms with E-state index in [4.69, 9.17) is 0 Å². The van der Waals surface area contributed by atoms with Crippen molar-refractivity contribution >= 4 is 22.4 Å².